The molecule has 1 aromatic carbocycles. The predicted octanol–water partition coefficient (Wildman–Crippen LogP) is 4.66. The van der Waals surface area contributed by atoms with Gasteiger partial charge in [-0.3, -0.25) is 9.20 Å². The lowest BCUT2D eigenvalue weighted by Crippen LogP contribution is -2.29. The van der Waals surface area contributed by atoms with Gasteiger partial charge in [-0.2, -0.15) is 0 Å². The number of hydrogen-bond donors (Lipinski definition) is 3. The summed E-state index contributed by atoms with van der Waals surface area (Å²) >= 11 is 0. The molecule has 0 unspecified atom stereocenters. The van der Waals surface area contributed by atoms with Gasteiger partial charge in [-0.05, 0) is 57.6 Å². The number of nitrogen functional groups attached to an aromatic ring is 1. The van der Waals surface area contributed by atoms with Crippen LogP contribution in [0.25, 0.3) is 27.8 Å². The minimum Gasteiger partial charge on any atom is -0.489 e. The smallest absolute Gasteiger partial charge is 0.216 e. The van der Waals surface area contributed by atoms with Crippen LogP contribution in [-0.4, -0.2) is 37.9 Å². The molecule has 8 nitrogen and oxygen atoms in total. The van der Waals surface area contributed by atoms with Crippen molar-refractivity contribution in [1.82, 2.24) is 24.7 Å². The first kappa shape index (κ1) is 22.3. The Hall–Kier alpha value is -3.55. The number of benzene rings is 1. The Balaban J connectivity index is 1.51. The van der Waals surface area contributed by atoms with Crippen LogP contribution < -0.4 is 15.8 Å². The molecule has 1 aliphatic carbocycles. The first-order valence-corrected chi connectivity index (χ1v) is 12.1. The second-order valence-electron chi connectivity index (χ2n) is 9.57. The molecule has 0 saturated heterocycles. The fourth-order valence-corrected chi connectivity index (χ4v) is 5.08. The molecule has 3 aromatic heterocycles. The van der Waals surface area contributed by atoms with Gasteiger partial charge >= 0.3 is 0 Å². The second kappa shape index (κ2) is 9.00. The number of H-pyrrole nitrogens is 1. The van der Waals surface area contributed by atoms with Gasteiger partial charge in [0.05, 0.1) is 17.3 Å². The number of imidazole rings is 1. The van der Waals surface area contributed by atoms with Gasteiger partial charge in [0.2, 0.25) is 5.91 Å². The monoisotopic (exact) mass is 460 g/mol. The van der Waals surface area contributed by atoms with Crippen molar-refractivity contribution in [1.29, 1.82) is 0 Å². The minimum absolute atomic E-state index is 0.0364. The molecule has 0 radical (unpaired) electrons. The van der Waals surface area contributed by atoms with E-state index in [9.17, 15) is 4.79 Å². The van der Waals surface area contributed by atoms with Crippen LogP contribution in [0.4, 0.5) is 5.82 Å². The zero-order valence-electron chi connectivity index (χ0n) is 20.0. The SMILES string of the molecule is CC(=O)NC[C@H]1CC[C@H](c2nc(-c3cc4cccc(OC(C)C)c4[nH]3)c3c(N)nccn32)CC1. The van der Waals surface area contributed by atoms with Crippen molar-refractivity contribution in [2.24, 2.45) is 5.92 Å². The summed E-state index contributed by atoms with van der Waals surface area (Å²) in [4.78, 5) is 24.3. The van der Waals surface area contributed by atoms with E-state index in [0.717, 1.165) is 71.6 Å². The zero-order valence-corrected chi connectivity index (χ0v) is 20.0. The summed E-state index contributed by atoms with van der Waals surface area (Å²) < 4.78 is 8.12. The predicted molar refractivity (Wildman–Crippen MR) is 134 cm³/mol. The van der Waals surface area contributed by atoms with Gasteiger partial charge in [0.25, 0.3) is 0 Å². The summed E-state index contributed by atoms with van der Waals surface area (Å²) in [6, 6.07) is 8.16. The van der Waals surface area contributed by atoms with Crippen LogP contribution in [0.15, 0.2) is 36.7 Å². The molecule has 5 rings (SSSR count). The largest absolute Gasteiger partial charge is 0.489 e. The maximum absolute atomic E-state index is 11.3. The molecule has 0 aliphatic heterocycles. The van der Waals surface area contributed by atoms with Crippen LogP contribution in [0.1, 0.15) is 58.2 Å². The van der Waals surface area contributed by atoms with Crippen molar-refractivity contribution in [2.45, 2.75) is 58.5 Å². The average Bonchev–Trinajstić information content (AvgIpc) is 3.41. The van der Waals surface area contributed by atoms with Crippen LogP contribution in [-0.2, 0) is 4.79 Å². The topological polar surface area (TPSA) is 110 Å². The van der Waals surface area contributed by atoms with Crippen molar-refractivity contribution in [3.8, 4) is 17.1 Å². The number of anilines is 1. The quantitative estimate of drug-likeness (QED) is 0.388. The first-order chi connectivity index (χ1) is 16.4. The molecular formula is C26H32N6O2. The first-order valence-electron chi connectivity index (χ1n) is 12.1. The standard InChI is InChI=1S/C26H32N6O2/c1-15(2)34-21-6-4-5-19-13-20(30-22(19)21)23-24-25(27)28-11-12-32(24)26(31-23)18-9-7-17(8-10-18)14-29-16(3)33/h4-6,11-13,15,17-18,30H,7-10,14H2,1-3H3,(H2,27,28)(H,29,33)/t17-,18-. The molecule has 1 fully saturated rings. The van der Waals surface area contributed by atoms with Crippen LogP contribution >= 0.6 is 0 Å². The fourth-order valence-electron chi connectivity index (χ4n) is 5.08. The fraction of sp³-hybridized carbons (Fsp3) is 0.423. The van der Waals surface area contributed by atoms with Crippen molar-refractivity contribution in [2.75, 3.05) is 12.3 Å². The number of hydrogen-bond acceptors (Lipinski definition) is 5. The molecule has 0 spiro atoms. The number of aromatic amines is 1. The molecule has 34 heavy (non-hydrogen) atoms. The van der Waals surface area contributed by atoms with E-state index in [4.69, 9.17) is 15.5 Å². The lowest BCUT2D eigenvalue weighted by molar-refractivity contribution is -0.119. The van der Waals surface area contributed by atoms with Crippen LogP contribution in [0.5, 0.6) is 5.75 Å². The van der Waals surface area contributed by atoms with Crippen molar-refractivity contribution in [3.05, 3.63) is 42.5 Å². The number of nitrogens with zero attached hydrogens (tertiary/aromatic N) is 3. The molecule has 3 heterocycles. The summed E-state index contributed by atoms with van der Waals surface area (Å²) in [5, 5.41) is 4.03. The highest BCUT2D eigenvalue weighted by atomic mass is 16.5. The third kappa shape index (κ3) is 4.20. The van der Waals surface area contributed by atoms with Gasteiger partial charge in [-0.25, -0.2) is 9.97 Å². The van der Waals surface area contributed by atoms with Crippen LogP contribution in [0, 0.1) is 5.92 Å². The summed E-state index contributed by atoms with van der Waals surface area (Å²) in [6.07, 6.45) is 7.97. The number of fused-ring (bicyclic) bond motifs is 2. The highest BCUT2D eigenvalue weighted by molar-refractivity contribution is 5.93. The van der Waals surface area contributed by atoms with Crippen LogP contribution in [0.2, 0.25) is 0 Å². The maximum Gasteiger partial charge on any atom is 0.216 e. The number of carbonyl (C=O) groups is 1. The Kier molecular flexibility index (Phi) is 5.89. The van der Waals surface area contributed by atoms with Gasteiger partial charge in [-0.1, -0.05) is 12.1 Å². The molecule has 0 bridgehead atoms. The van der Waals surface area contributed by atoms with Gasteiger partial charge < -0.3 is 20.8 Å². The molecule has 178 valence electrons. The summed E-state index contributed by atoms with van der Waals surface area (Å²) in [6.45, 7) is 6.37. The Morgan fingerprint density at radius 3 is 2.82 bits per heavy atom. The number of rotatable bonds is 6. The summed E-state index contributed by atoms with van der Waals surface area (Å²) in [7, 11) is 0. The number of nitrogens with one attached hydrogen (secondary N) is 2. The Labute approximate surface area is 198 Å². The molecule has 4 N–H and O–H groups in total. The van der Waals surface area contributed by atoms with E-state index in [-0.39, 0.29) is 12.0 Å². The second-order valence-corrected chi connectivity index (χ2v) is 9.57. The number of nitrogens with two attached hydrogens (primary N) is 1. The average molecular weight is 461 g/mol. The van der Waals surface area contributed by atoms with E-state index in [1.807, 2.05) is 32.2 Å². The van der Waals surface area contributed by atoms with Gasteiger partial charge in [0.15, 0.2) is 0 Å². The number of ether oxygens (including phenoxy) is 1. The molecule has 1 saturated carbocycles. The van der Waals surface area contributed by atoms with E-state index in [1.165, 1.54) is 0 Å². The Morgan fingerprint density at radius 1 is 1.29 bits per heavy atom. The van der Waals surface area contributed by atoms with E-state index >= 15 is 0 Å². The molecule has 4 aromatic rings. The molecule has 8 heteroatoms. The summed E-state index contributed by atoms with van der Waals surface area (Å²) in [5.74, 6) is 3.20. The highest BCUT2D eigenvalue weighted by Crippen LogP contribution is 2.39. The van der Waals surface area contributed by atoms with Crippen LogP contribution in [0.3, 0.4) is 0 Å². The van der Waals surface area contributed by atoms with E-state index in [0.29, 0.717) is 17.7 Å². The third-order valence-corrected chi connectivity index (χ3v) is 6.70. The zero-order chi connectivity index (χ0) is 23.8. The van der Waals surface area contributed by atoms with Crippen molar-refractivity contribution in [3.63, 3.8) is 0 Å². The molecular weight excluding hydrogens is 428 g/mol. The molecule has 0 atom stereocenters. The van der Waals surface area contributed by atoms with Crippen molar-refractivity contribution >= 4 is 28.1 Å². The Morgan fingerprint density at radius 2 is 2.09 bits per heavy atom. The van der Waals surface area contributed by atoms with Gasteiger partial charge in [0.1, 0.15) is 28.6 Å². The molecule has 1 amide bonds. The lowest BCUT2D eigenvalue weighted by atomic mass is 9.81. The Bertz CT molecular complexity index is 1330. The van der Waals surface area contributed by atoms with Gasteiger partial charge in [-0.15, -0.1) is 0 Å². The van der Waals surface area contributed by atoms with Crippen molar-refractivity contribution < 1.29 is 9.53 Å². The number of para-hydroxylation sites is 1. The van der Waals surface area contributed by atoms with E-state index in [2.05, 4.69) is 31.8 Å². The highest BCUT2D eigenvalue weighted by Gasteiger charge is 2.28. The van der Waals surface area contributed by atoms with E-state index < -0.39 is 0 Å². The normalized spacial score (nSPS) is 18.6. The lowest BCUT2D eigenvalue weighted by Gasteiger charge is -2.27. The van der Waals surface area contributed by atoms with Gasteiger partial charge in [0, 0.05) is 37.2 Å². The molecule has 1 aliphatic rings. The minimum atomic E-state index is 0.0364. The number of amides is 1. The summed E-state index contributed by atoms with van der Waals surface area (Å²) in [5.41, 5.74) is 9.86. The number of aromatic nitrogens is 4. The number of carbonyl (C=O) groups excluding carboxylic acids is 1. The maximum atomic E-state index is 11.3. The van der Waals surface area contributed by atoms with E-state index in [1.54, 1.807) is 13.1 Å². The third-order valence-electron chi connectivity index (χ3n) is 6.70.